The molecule has 1 saturated heterocycles. The molecule has 0 bridgehead atoms. The molecule has 2 fully saturated rings. The van der Waals surface area contributed by atoms with Gasteiger partial charge in [-0.1, -0.05) is 12.2 Å². The van der Waals surface area contributed by atoms with Gasteiger partial charge in [0, 0.05) is 6.42 Å². The van der Waals surface area contributed by atoms with Crippen molar-refractivity contribution >= 4 is 5.78 Å². The van der Waals surface area contributed by atoms with Crippen LogP contribution in [0.25, 0.3) is 0 Å². The summed E-state index contributed by atoms with van der Waals surface area (Å²) in [7, 11) is 0. The van der Waals surface area contributed by atoms with E-state index < -0.39 is 0 Å². The van der Waals surface area contributed by atoms with Gasteiger partial charge < -0.3 is 4.74 Å². The van der Waals surface area contributed by atoms with E-state index >= 15 is 0 Å². The van der Waals surface area contributed by atoms with Crippen LogP contribution in [0, 0.1) is 5.41 Å². The third-order valence-corrected chi connectivity index (χ3v) is 4.03. The van der Waals surface area contributed by atoms with Gasteiger partial charge in [0.1, 0.15) is 11.4 Å². The lowest BCUT2D eigenvalue weighted by Gasteiger charge is -2.37. The number of hydrogen-bond acceptors (Lipinski definition) is 2. The molecule has 0 aromatic heterocycles. The molecular formula is C11H14O2. The Morgan fingerprint density at radius 2 is 2.46 bits per heavy atom. The van der Waals surface area contributed by atoms with Crippen molar-refractivity contribution in [2.45, 2.75) is 44.3 Å². The number of epoxide rings is 1. The highest BCUT2D eigenvalue weighted by Gasteiger charge is 2.70. The smallest absolute Gasteiger partial charge is 0.145 e. The van der Waals surface area contributed by atoms with Crippen molar-refractivity contribution < 1.29 is 9.53 Å². The van der Waals surface area contributed by atoms with Crippen LogP contribution in [0.1, 0.15) is 32.6 Å². The molecule has 13 heavy (non-hydrogen) atoms. The molecular weight excluding hydrogens is 164 g/mol. The fraction of sp³-hybridized carbons (Fsp3) is 0.727. The lowest BCUT2D eigenvalue weighted by molar-refractivity contribution is -0.131. The summed E-state index contributed by atoms with van der Waals surface area (Å²) in [6, 6.07) is 0. The van der Waals surface area contributed by atoms with Crippen LogP contribution >= 0.6 is 0 Å². The average molecular weight is 178 g/mol. The third-order valence-electron chi connectivity index (χ3n) is 4.03. The quantitative estimate of drug-likeness (QED) is 0.418. The van der Waals surface area contributed by atoms with Crippen LogP contribution in [0.5, 0.6) is 0 Å². The molecule has 3 unspecified atom stereocenters. The Morgan fingerprint density at radius 1 is 1.62 bits per heavy atom. The summed E-state index contributed by atoms with van der Waals surface area (Å²) in [5, 5.41) is 0. The predicted octanol–water partition coefficient (Wildman–Crippen LogP) is 1.84. The van der Waals surface area contributed by atoms with E-state index in [1.807, 2.05) is 6.92 Å². The molecule has 70 valence electrons. The van der Waals surface area contributed by atoms with E-state index in [9.17, 15) is 4.79 Å². The van der Waals surface area contributed by atoms with Crippen LogP contribution in [0.3, 0.4) is 0 Å². The minimum absolute atomic E-state index is 0.0862. The largest absolute Gasteiger partial charge is 0.364 e. The monoisotopic (exact) mass is 178 g/mol. The first-order valence-electron chi connectivity index (χ1n) is 5.08. The Labute approximate surface area is 78.0 Å². The molecule has 1 heterocycles. The Kier molecular flexibility index (Phi) is 1.23. The normalized spacial score (nSPS) is 52.7. The van der Waals surface area contributed by atoms with Crippen LogP contribution < -0.4 is 0 Å². The highest BCUT2D eigenvalue weighted by molar-refractivity contribution is 5.89. The fourth-order valence-electron chi connectivity index (χ4n) is 3.06. The highest BCUT2D eigenvalue weighted by atomic mass is 16.6. The Balaban J connectivity index is 2.09. The van der Waals surface area contributed by atoms with E-state index in [0.29, 0.717) is 11.9 Å². The van der Waals surface area contributed by atoms with Gasteiger partial charge in [-0.15, -0.1) is 0 Å². The Hall–Kier alpha value is -0.630. The molecule has 1 saturated carbocycles. The molecule has 0 aromatic carbocycles. The molecule has 1 aliphatic heterocycles. The molecule has 2 heteroatoms. The summed E-state index contributed by atoms with van der Waals surface area (Å²) in [4.78, 5) is 11.9. The van der Waals surface area contributed by atoms with Crippen LogP contribution in [-0.2, 0) is 9.53 Å². The maximum atomic E-state index is 11.9. The third kappa shape index (κ3) is 0.715. The van der Waals surface area contributed by atoms with Crippen molar-refractivity contribution in [1.29, 1.82) is 0 Å². The number of carbonyl (C=O) groups excluding carboxylic acids is 1. The number of rotatable bonds is 0. The van der Waals surface area contributed by atoms with Gasteiger partial charge in [0.15, 0.2) is 0 Å². The zero-order chi connectivity index (χ0) is 9.10. The molecule has 2 nitrogen and oxygen atoms in total. The minimum Gasteiger partial charge on any atom is -0.364 e. The number of ether oxygens (including phenoxy) is 1. The maximum Gasteiger partial charge on any atom is 0.145 e. The van der Waals surface area contributed by atoms with E-state index in [2.05, 4.69) is 12.2 Å². The Bertz CT molecular complexity index is 307. The van der Waals surface area contributed by atoms with Gasteiger partial charge in [-0.3, -0.25) is 4.79 Å². The summed E-state index contributed by atoms with van der Waals surface area (Å²) in [6.07, 6.45) is 8.36. The van der Waals surface area contributed by atoms with Crippen LogP contribution in [0.2, 0.25) is 0 Å². The van der Waals surface area contributed by atoms with Gasteiger partial charge >= 0.3 is 0 Å². The molecule has 2 aliphatic carbocycles. The summed E-state index contributed by atoms with van der Waals surface area (Å²) in [5.41, 5.74) is -0.384. The first-order chi connectivity index (χ1) is 6.19. The molecule has 0 aromatic rings. The molecule has 3 rings (SSSR count). The van der Waals surface area contributed by atoms with Gasteiger partial charge in [0.25, 0.3) is 0 Å². The maximum absolute atomic E-state index is 11.9. The first kappa shape index (κ1) is 7.74. The van der Waals surface area contributed by atoms with E-state index in [-0.39, 0.29) is 11.0 Å². The van der Waals surface area contributed by atoms with Gasteiger partial charge in [0.05, 0.1) is 11.5 Å². The standard InChI is InChI=1S/C11H14O2/c1-10-6-3-5-9-11(10,13-9)7-2-4-8(10)12/h3,6,9H,2,4-5,7H2,1H3. The van der Waals surface area contributed by atoms with Crippen molar-refractivity contribution in [3.63, 3.8) is 0 Å². The van der Waals surface area contributed by atoms with Crippen molar-refractivity contribution in [3.8, 4) is 0 Å². The fourth-order valence-corrected chi connectivity index (χ4v) is 3.06. The topological polar surface area (TPSA) is 29.6 Å². The van der Waals surface area contributed by atoms with E-state index in [1.165, 1.54) is 0 Å². The van der Waals surface area contributed by atoms with Gasteiger partial charge in [0.2, 0.25) is 0 Å². The number of ketones is 1. The minimum atomic E-state index is -0.297. The van der Waals surface area contributed by atoms with Crippen LogP contribution in [0.15, 0.2) is 12.2 Å². The first-order valence-corrected chi connectivity index (χ1v) is 5.08. The van der Waals surface area contributed by atoms with Crippen molar-refractivity contribution in [1.82, 2.24) is 0 Å². The molecule has 3 aliphatic rings. The SMILES string of the molecule is CC12C=CCC3OC31CCCC2=O. The van der Waals surface area contributed by atoms with Gasteiger partial charge in [-0.2, -0.15) is 0 Å². The second-order valence-corrected chi connectivity index (χ2v) is 4.61. The van der Waals surface area contributed by atoms with Crippen LogP contribution in [0.4, 0.5) is 0 Å². The Morgan fingerprint density at radius 3 is 3.23 bits per heavy atom. The molecule has 3 atom stereocenters. The summed E-state index contributed by atoms with van der Waals surface area (Å²) >= 11 is 0. The van der Waals surface area contributed by atoms with Gasteiger partial charge in [-0.25, -0.2) is 0 Å². The zero-order valence-electron chi connectivity index (χ0n) is 7.88. The summed E-state index contributed by atoms with van der Waals surface area (Å²) in [6.45, 7) is 2.05. The number of carbonyl (C=O) groups is 1. The molecule has 0 radical (unpaired) electrons. The average Bonchev–Trinajstić information content (AvgIpc) is 2.79. The van der Waals surface area contributed by atoms with Crippen molar-refractivity contribution in [3.05, 3.63) is 12.2 Å². The molecule has 0 N–H and O–H groups in total. The van der Waals surface area contributed by atoms with Crippen molar-refractivity contribution in [2.24, 2.45) is 5.41 Å². The van der Waals surface area contributed by atoms with E-state index in [4.69, 9.17) is 4.74 Å². The second kappa shape index (κ2) is 2.06. The zero-order valence-corrected chi connectivity index (χ0v) is 7.88. The number of Topliss-reactive ketones (excluding diaryl/α,β-unsaturated/α-hetero) is 1. The lowest BCUT2D eigenvalue weighted by Crippen LogP contribution is -2.47. The van der Waals surface area contributed by atoms with Gasteiger partial charge in [-0.05, 0) is 26.2 Å². The van der Waals surface area contributed by atoms with Crippen LogP contribution in [-0.4, -0.2) is 17.5 Å². The lowest BCUT2D eigenvalue weighted by atomic mass is 9.62. The van der Waals surface area contributed by atoms with Crippen molar-refractivity contribution in [2.75, 3.05) is 0 Å². The molecule has 1 spiro atoms. The second-order valence-electron chi connectivity index (χ2n) is 4.61. The summed E-state index contributed by atoms with van der Waals surface area (Å²) < 4.78 is 5.76. The van der Waals surface area contributed by atoms with E-state index in [0.717, 1.165) is 25.7 Å². The summed E-state index contributed by atoms with van der Waals surface area (Å²) in [5.74, 6) is 0.372. The predicted molar refractivity (Wildman–Crippen MR) is 48.3 cm³/mol. The highest BCUT2D eigenvalue weighted by Crippen LogP contribution is 2.61. The van der Waals surface area contributed by atoms with E-state index in [1.54, 1.807) is 0 Å². The molecule has 0 amide bonds. The number of hydrogen-bond donors (Lipinski definition) is 0.